The number of aromatic nitrogens is 1. The van der Waals surface area contributed by atoms with Gasteiger partial charge in [-0.15, -0.1) is 0 Å². The van der Waals surface area contributed by atoms with Gasteiger partial charge < -0.3 is 14.7 Å². The molecule has 0 aromatic carbocycles. The second kappa shape index (κ2) is 2.84. The van der Waals surface area contributed by atoms with Crippen molar-refractivity contribution < 1.29 is 19.0 Å². The summed E-state index contributed by atoms with van der Waals surface area (Å²) in [6.07, 6.45) is -0.358. The second-order valence-electron chi connectivity index (χ2n) is 4.20. The van der Waals surface area contributed by atoms with Gasteiger partial charge in [-0.2, -0.15) is 9.37 Å². The fourth-order valence-corrected chi connectivity index (χ4v) is 2.22. The van der Waals surface area contributed by atoms with Gasteiger partial charge in [0.2, 0.25) is 11.8 Å². The minimum Gasteiger partial charge on any atom is -0.467 e. The molecular weight excluding hydrogens is 215 g/mol. The molecule has 0 radical (unpaired) electrons. The second-order valence-corrected chi connectivity index (χ2v) is 4.20. The van der Waals surface area contributed by atoms with Gasteiger partial charge >= 0.3 is 6.09 Å². The maximum absolute atomic E-state index is 12.8. The molecule has 1 saturated heterocycles. The van der Waals surface area contributed by atoms with Crippen molar-refractivity contribution in [3.63, 3.8) is 0 Å². The van der Waals surface area contributed by atoms with Crippen LogP contribution in [0.4, 0.5) is 9.18 Å². The number of hydrogen-bond donors (Lipinski definition) is 1. The van der Waals surface area contributed by atoms with E-state index >= 15 is 0 Å². The van der Waals surface area contributed by atoms with Crippen LogP contribution in [0.2, 0.25) is 0 Å². The lowest BCUT2D eigenvalue weighted by Crippen LogP contribution is -2.65. The zero-order valence-electron chi connectivity index (χ0n) is 8.31. The topological polar surface area (TPSA) is 62.7 Å². The standard InChI is InChI=1S/C10H9FN2O3/c11-7-2-1-6-3-10(16-8(6)12-7)4-13(5-10)9(14)15/h1-2H,3-5H2,(H,14,15). The molecule has 3 rings (SSSR count). The number of carboxylic acid groups (broad SMARTS) is 1. The molecule has 1 aromatic rings. The SMILES string of the molecule is O=C(O)N1CC2(Cc3ccc(F)nc3O2)C1. The molecule has 1 N–H and O–H groups in total. The zero-order valence-corrected chi connectivity index (χ0v) is 8.31. The van der Waals surface area contributed by atoms with Crippen molar-refractivity contribution in [3.8, 4) is 5.88 Å². The van der Waals surface area contributed by atoms with Crippen LogP contribution < -0.4 is 4.74 Å². The highest BCUT2D eigenvalue weighted by molar-refractivity contribution is 5.67. The molecule has 16 heavy (non-hydrogen) atoms. The van der Waals surface area contributed by atoms with E-state index in [0.717, 1.165) is 5.56 Å². The molecule has 0 aliphatic carbocycles. The lowest BCUT2D eigenvalue weighted by Gasteiger charge is -2.44. The van der Waals surface area contributed by atoms with E-state index in [1.807, 2.05) is 0 Å². The van der Waals surface area contributed by atoms with Crippen LogP contribution in [0.1, 0.15) is 5.56 Å². The van der Waals surface area contributed by atoms with E-state index in [-0.39, 0.29) is 0 Å². The third-order valence-corrected chi connectivity index (χ3v) is 2.96. The zero-order chi connectivity index (χ0) is 11.3. The Morgan fingerprint density at radius 3 is 3.00 bits per heavy atom. The molecule has 5 nitrogen and oxygen atoms in total. The summed E-state index contributed by atoms with van der Waals surface area (Å²) in [5.74, 6) is -0.282. The van der Waals surface area contributed by atoms with Gasteiger partial charge in [0.1, 0.15) is 0 Å². The first-order chi connectivity index (χ1) is 7.58. The highest BCUT2D eigenvalue weighted by Crippen LogP contribution is 2.39. The first kappa shape index (κ1) is 9.38. The number of carbonyl (C=O) groups is 1. The van der Waals surface area contributed by atoms with Crippen molar-refractivity contribution in [2.75, 3.05) is 13.1 Å². The molecule has 2 aliphatic heterocycles. The predicted octanol–water partition coefficient (Wildman–Crippen LogP) is 0.888. The molecule has 6 heteroatoms. The molecule has 0 bridgehead atoms. The minimum absolute atomic E-state index is 0.296. The Morgan fingerprint density at radius 2 is 2.31 bits per heavy atom. The Balaban J connectivity index is 1.80. The number of likely N-dealkylation sites (tertiary alicyclic amines) is 1. The maximum atomic E-state index is 12.8. The fraction of sp³-hybridized carbons (Fsp3) is 0.400. The van der Waals surface area contributed by atoms with E-state index in [0.29, 0.717) is 25.4 Å². The van der Waals surface area contributed by atoms with Crippen LogP contribution in [0, 0.1) is 5.95 Å². The van der Waals surface area contributed by atoms with Gasteiger partial charge in [-0.25, -0.2) is 4.79 Å². The van der Waals surface area contributed by atoms with Crippen molar-refractivity contribution in [2.24, 2.45) is 0 Å². The van der Waals surface area contributed by atoms with Crippen LogP contribution in [0.5, 0.6) is 5.88 Å². The summed E-state index contributed by atoms with van der Waals surface area (Å²) in [6.45, 7) is 0.640. The normalized spacial score (nSPS) is 20.2. The number of pyridine rings is 1. The van der Waals surface area contributed by atoms with Crippen LogP contribution >= 0.6 is 0 Å². The summed E-state index contributed by atoms with van der Waals surface area (Å²) in [4.78, 5) is 15.6. The molecule has 84 valence electrons. The highest BCUT2D eigenvalue weighted by Gasteiger charge is 2.51. The lowest BCUT2D eigenvalue weighted by atomic mass is 9.90. The molecule has 0 unspecified atom stereocenters. The van der Waals surface area contributed by atoms with Gasteiger partial charge in [0.25, 0.3) is 0 Å². The van der Waals surface area contributed by atoms with E-state index in [4.69, 9.17) is 9.84 Å². The molecule has 3 heterocycles. The largest absolute Gasteiger partial charge is 0.467 e. The van der Waals surface area contributed by atoms with Crippen LogP contribution in [0.3, 0.4) is 0 Å². The number of nitrogens with zero attached hydrogens (tertiary/aromatic N) is 2. The summed E-state index contributed by atoms with van der Waals surface area (Å²) in [5, 5.41) is 8.73. The quantitative estimate of drug-likeness (QED) is 0.665. The third kappa shape index (κ3) is 1.22. The van der Waals surface area contributed by atoms with Crippen molar-refractivity contribution in [1.29, 1.82) is 0 Å². The number of fused-ring (bicyclic) bond motifs is 1. The van der Waals surface area contributed by atoms with Gasteiger partial charge in [0.05, 0.1) is 13.1 Å². The van der Waals surface area contributed by atoms with E-state index < -0.39 is 17.6 Å². The first-order valence-electron chi connectivity index (χ1n) is 4.90. The van der Waals surface area contributed by atoms with Gasteiger partial charge in [-0.05, 0) is 12.1 Å². The number of ether oxygens (including phenoxy) is 1. The molecule has 0 saturated carbocycles. The molecule has 1 aromatic heterocycles. The monoisotopic (exact) mass is 224 g/mol. The molecule has 1 amide bonds. The van der Waals surface area contributed by atoms with E-state index in [1.54, 1.807) is 6.07 Å². The molecular formula is C10H9FN2O3. The maximum Gasteiger partial charge on any atom is 0.407 e. The average molecular weight is 224 g/mol. The lowest BCUT2D eigenvalue weighted by molar-refractivity contribution is -0.0513. The summed E-state index contributed by atoms with van der Waals surface area (Å²) in [5.41, 5.74) is 0.327. The Kier molecular flexibility index (Phi) is 1.66. The van der Waals surface area contributed by atoms with Crippen molar-refractivity contribution in [1.82, 2.24) is 9.88 Å². The smallest absolute Gasteiger partial charge is 0.407 e. The van der Waals surface area contributed by atoms with Crippen LogP contribution in [0.15, 0.2) is 12.1 Å². The minimum atomic E-state index is -0.954. The molecule has 2 aliphatic rings. The summed E-state index contributed by atoms with van der Waals surface area (Å²) in [7, 11) is 0. The number of hydrogen-bond acceptors (Lipinski definition) is 3. The van der Waals surface area contributed by atoms with Crippen LogP contribution in [0.25, 0.3) is 0 Å². The van der Waals surface area contributed by atoms with Crippen molar-refractivity contribution in [2.45, 2.75) is 12.0 Å². The Labute approximate surface area is 90.5 Å². The number of amides is 1. The Bertz CT molecular complexity index is 471. The highest BCUT2D eigenvalue weighted by atomic mass is 19.1. The number of halogens is 1. The van der Waals surface area contributed by atoms with Gasteiger partial charge in [-0.1, -0.05) is 0 Å². The van der Waals surface area contributed by atoms with E-state index in [2.05, 4.69) is 4.98 Å². The van der Waals surface area contributed by atoms with Crippen LogP contribution in [-0.4, -0.2) is 39.8 Å². The molecule has 1 fully saturated rings. The van der Waals surface area contributed by atoms with Crippen molar-refractivity contribution in [3.05, 3.63) is 23.6 Å². The van der Waals surface area contributed by atoms with Gasteiger partial charge in [0, 0.05) is 12.0 Å². The summed E-state index contributed by atoms with van der Waals surface area (Å²) < 4.78 is 18.4. The van der Waals surface area contributed by atoms with E-state index in [1.165, 1.54) is 11.0 Å². The van der Waals surface area contributed by atoms with Crippen molar-refractivity contribution >= 4 is 6.09 Å². The van der Waals surface area contributed by atoms with Gasteiger partial charge in [-0.3, -0.25) is 0 Å². The molecule has 1 spiro atoms. The first-order valence-corrected chi connectivity index (χ1v) is 4.90. The molecule has 0 atom stereocenters. The van der Waals surface area contributed by atoms with E-state index in [9.17, 15) is 9.18 Å². The Morgan fingerprint density at radius 1 is 1.56 bits per heavy atom. The van der Waals surface area contributed by atoms with Gasteiger partial charge in [0.15, 0.2) is 5.60 Å². The summed E-state index contributed by atoms with van der Waals surface area (Å²) in [6, 6.07) is 2.92. The summed E-state index contributed by atoms with van der Waals surface area (Å²) >= 11 is 0. The average Bonchev–Trinajstić information content (AvgIpc) is 2.53. The Hall–Kier alpha value is -1.85. The number of rotatable bonds is 0. The fourth-order valence-electron chi connectivity index (χ4n) is 2.22. The third-order valence-electron chi connectivity index (χ3n) is 2.96. The predicted molar refractivity (Wildman–Crippen MR) is 50.9 cm³/mol. The van der Waals surface area contributed by atoms with Crippen LogP contribution in [-0.2, 0) is 6.42 Å².